The van der Waals surface area contributed by atoms with Gasteiger partial charge in [-0.25, -0.2) is 4.79 Å². The number of likely N-dealkylation sites (tertiary alicyclic amines) is 1. The summed E-state index contributed by atoms with van der Waals surface area (Å²) in [5.74, 6) is 0.704. The van der Waals surface area contributed by atoms with Crippen molar-refractivity contribution in [2.75, 3.05) is 13.2 Å². The minimum Gasteiger partial charge on any atom is -0.449 e. The summed E-state index contributed by atoms with van der Waals surface area (Å²) >= 11 is 0. The van der Waals surface area contributed by atoms with E-state index in [0.717, 1.165) is 12.7 Å². The van der Waals surface area contributed by atoms with Crippen molar-refractivity contribution in [3.05, 3.63) is 0 Å². The molecule has 0 aromatic carbocycles. The summed E-state index contributed by atoms with van der Waals surface area (Å²) in [5.41, 5.74) is 0. The number of hydrogen-bond donors (Lipinski definition) is 0. The predicted octanol–water partition coefficient (Wildman–Crippen LogP) is 1.69. The van der Waals surface area contributed by atoms with Gasteiger partial charge in [0.2, 0.25) is 0 Å². The zero-order valence-corrected chi connectivity index (χ0v) is 9.60. The van der Waals surface area contributed by atoms with Crippen LogP contribution < -0.4 is 0 Å². The lowest BCUT2D eigenvalue weighted by Crippen LogP contribution is -2.37. The van der Waals surface area contributed by atoms with E-state index < -0.39 is 0 Å². The molecule has 1 rings (SSSR count). The zero-order valence-electron chi connectivity index (χ0n) is 9.60. The van der Waals surface area contributed by atoms with E-state index in [1.54, 1.807) is 0 Å². The second kappa shape index (κ2) is 5.14. The second-order valence-electron chi connectivity index (χ2n) is 4.67. The fourth-order valence-corrected chi connectivity index (χ4v) is 1.75. The van der Waals surface area contributed by atoms with Crippen LogP contribution in [0.4, 0.5) is 4.79 Å². The number of carbonyl (C=O) groups excluding carboxylic acids is 2. The van der Waals surface area contributed by atoms with Crippen LogP contribution in [0.2, 0.25) is 0 Å². The third-order valence-corrected chi connectivity index (χ3v) is 2.48. The van der Waals surface area contributed by atoms with E-state index in [-0.39, 0.29) is 12.1 Å². The van der Waals surface area contributed by atoms with Crippen LogP contribution in [0, 0.1) is 11.8 Å². The molecule has 0 radical (unpaired) electrons. The average molecular weight is 213 g/mol. The third kappa shape index (κ3) is 3.22. The normalized spacial score (nSPS) is 25.7. The summed E-state index contributed by atoms with van der Waals surface area (Å²) in [4.78, 5) is 23.9. The monoisotopic (exact) mass is 213 g/mol. The lowest BCUT2D eigenvalue weighted by atomic mass is 10.1. The molecule has 1 aliphatic heterocycles. The fraction of sp³-hybridized carbons (Fsp3) is 0.818. The number of carbonyl (C=O) groups is 2. The largest absolute Gasteiger partial charge is 0.449 e. The first-order valence-electron chi connectivity index (χ1n) is 5.43. The molecule has 15 heavy (non-hydrogen) atoms. The van der Waals surface area contributed by atoms with Crippen LogP contribution in [-0.4, -0.2) is 36.5 Å². The van der Waals surface area contributed by atoms with Crippen LogP contribution in [-0.2, 0) is 9.53 Å². The Morgan fingerprint density at radius 1 is 1.60 bits per heavy atom. The molecule has 86 valence electrons. The first-order valence-corrected chi connectivity index (χ1v) is 5.43. The highest BCUT2D eigenvalue weighted by atomic mass is 16.6. The van der Waals surface area contributed by atoms with Gasteiger partial charge in [-0.15, -0.1) is 0 Å². The summed E-state index contributed by atoms with van der Waals surface area (Å²) in [6, 6.07) is -0.292. The Bertz CT molecular complexity index is 240. The van der Waals surface area contributed by atoms with Crippen molar-refractivity contribution in [1.82, 2.24) is 4.90 Å². The molecule has 0 spiro atoms. The van der Waals surface area contributed by atoms with Crippen LogP contribution in [0.25, 0.3) is 0 Å². The molecule has 2 atom stereocenters. The Morgan fingerprint density at radius 2 is 2.27 bits per heavy atom. The lowest BCUT2D eigenvalue weighted by Gasteiger charge is -2.20. The van der Waals surface area contributed by atoms with Crippen molar-refractivity contribution >= 4 is 12.4 Å². The highest BCUT2D eigenvalue weighted by molar-refractivity contribution is 5.74. The maximum absolute atomic E-state index is 11.6. The molecule has 0 aliphatic carbocycles. The molecule has 1 amide bonds. The third-order valence-electron chi connectivity index (χ3n) is 2.48. The van der Waals surface area contributed by atoms with Crippen LogP contribution >= 0.6 is 0 Å². The van der Waals surface area contributed by atoms with Crippen LogP contribution in [0.3, 0.4) is 0 Å². The van der Waals surface area contributed by atoms with Gasteiger partial charge < -0.3 is 9.53 Å². The number of amides is 1. The maximum atomic E-state index is 11.6. The van der Waals surface area contributed by atoms with Gasteiger partial charge in [0.1, 0.15) is 6.29 Å². The van der Waals surface area contributed by atoms with E-state index in [1.165, 1.54) is 4.90 Å². The molecular formula is C11H19NO3. The van der Waals surface area contributed by atoms with Gasteiger partial charge in [-0.2, -0.15) is 0 Å². The first kappa shape index (κ1) is 12.0. The van der Waals surface area contributed by atoms with Crippen LogP contribution in [0.15, 0.2) is 0 Å². The number of rotatable bonds is 3. The molecule has 1 fully saturated rings. The molecule has 1 heterocycles. The Balaban J connectivity index is 2.47. The minimum absolute atomic E-state index is 0.292. The number of ether oxygens (including phenoxy) is 1. The molecule has 0 N–H and O–H groups in total. The van der Waals surface area contributed by atoms with Gasteiger partial charge in [0.05, 0.1) is 12.6 Å². The van der Waals surface area contributed by atoms with Crippen molar-refractivity contribution in [2.24, 2.45) is 11.8 Å². The van der Waals surface area contributed by atoms with Gasteiger partial charge in [0, 0.05) is 6.54 Å². The summed E-state index contributed by atoms with van der Waals surface area (Å²) in [6.07, 6.45) is 1.23. The van der Waals surface area contributed by atoms with Crippen molar-refractivity contribution in [1.29, 1.82) is 0 Å². The average Bonchev–Trinajstić information content (AvgIpc) is 2.56. The Morgan fingerprint density at radius 3 is 2.80 bits per heavy atom. The number of nitrogens with zero attached hydrogens (tertiary/aromatic N) is 1. The molecule has 2 unspecified atom stereocenters. The highest BCUT2D eigenvalue weighted by Crippen LogP contribution is 2.22. The standard InChI is InChI=1S/C11H19NO3/c1-8(2)7-15-11(14)12-5-9(3)4-10(12)6-13/h6,8-10H,4-5,7H2,1-3H3. The first-order chi connectivity index (χ1) is 7.04. The van der Waals surface area contributed by atoms with E-state index in [0.29, 0.717) is 25.0 Å². The van der Waals surface area contributed by atoms with Gasteiger partial charge in [-0.05, 0) is 18.3 Å². The molecule has 4 nitrogen and oxygen atoms in total. The second-order valence-corrected chi connectivity index (χ2v) is 4.67. The lowest BCUT2D eigenvalue weighted by molar-refractivity contribution is -0.111. The minimum atomic E-state index is -0.356. The maximum Gasteiger partial charge on any atom is 0.410 e. The Labute approximate surface area is 90.6 Å². The van der Waals surface area contributed by atoms with E-state index in [1.807, 2.05) is 20.8 Å². The quantitative estimate of drug-likeness (QED) is 0.670. The topological polar surface area (TPSA) is 46.6 Å². The fourth-order valence-electron chi connectivity index (χ4n) is 1.75. The summed E-state index contributed by atoms with van der Waals surface area (Å²) in [7, 11) is 0. The van der Waals surface area contributed by atoms with Crippen LogP contribution in [0.5, 0.6) is 0 Å². The number of aldehydes is 1. The van der Waals surface area contributed by atoms with Gasteiger partial charge in [-0.1, -0.05) is 20.8 Å². The Kier molecular flexibility index (Phi) is 4.12. The predicted molar refractivity (Wildman–Crippen MR) is 56.5 cm³/mol. The molecular weight excluding hydrogens is 194 g/mol. The van der Waals surface area contributed by atoms with E-state index in [9.17, 15) is 9.59 Å². The van der Waals surface area contributed by atoms with Gasteiger partial charge in [0.25, 0.3) is 0 Å². The Hall–Kier alpha value is -1.06. The van der Waals surface area contributed by atoms with E-state index >= 15 is 0 Å². The van der Waals surface area contributed by atoms with E-state index in [4.69, 9.17) is 4.74 Å². The van der Waals surface area contributed by atoms with Gasteiger partial charge >= 0.3 is 6.09 Å². The smallest absolute Gasteiger partial charge is 0.410 e. The summed E-state index contributed by atoms with van der Waals surface area (Å²) in [6.45, 7) is 7.04. The van der Waals surface area contributed by atoms with Gasteiger partial charge in [0.15, 0.2) is 0 Å². The van der Waals surface area contributed by atoms with Crippen molar-refractivity contribution < 1.29 is 14.3 Å². The molecule has 0 aromatic rings. The van der Waals surface area contributed by atoms with Gasteiger partial charge in [-0.3, -0.25) is 4.90 Å². The van der Waals surface area contributed by atoms with Crippen LogP contribution in [0.1, 0.15) is 27.2 Å². The van der Waals surface area contributed by atoms with Crippen molar-refractivity contribution in [3.8, 4) is 0 Å². The molecule has 0 aromatic heterocycles. The SMILES string of the molecule is CC(C)COC(=O)N1CC(C)CC1C=O. The molecule has 4 heteroatoms. The van der Waals surface area contributed by atoms with E-state index in [2.05, 4.69) is 0 Å². The molecule has 1 aliphatic rings. The number of hydrogen-bond acceptors (Lipinski definition) is 3. The zero-order chi connectivity index (χ0) is 11.4. The summed E-state index contributed by atoms with van der Waals surface area (Å²) in [5, 5.41) is 0. The molecule has 1 saturated heterocycles. The van der Waals surface area contributed by atoms with Crippen molar-refractivity contribution in [2.45, 2.75) is 33.2 Å². The highest BCUT2D eigenvalue weighted by Gasteiger charge is 2.33. The van der Waals surface area contributed by atoms with Crippen molar-refractivity contribution in [3.63, 3.8) is 0 Å². The summed E-state index contributed by atoms with van der Waals surface area (Å²) < 4.78 is 5.10. The molecule has 0 bridgehead atoms. The molecule has 0 saturated carbocycles.